The minimum Gasteiger partial charge on any atom is -0.456 e. The third kappa shape index (κ3) is 3.73. The number of carbonyl (C=O) groups is 2. The first-order chi connectivity index (χ1) is 12.0. The normalized spacial score (nSPS) is 37.9. The van der Waals surface area contributed by atoms with E-state index in [0.717, 1.165) is 30.6 Å². The summed E-state index contributed by atoms with van der Waals surface area (Å²) in [7, 11) is 0. The topological polar surface area (TPSA) is 55.4 Å². The lowest BCUT2D eigenvalue weighted by Crippen LogP contribution is -2.56. The Morgan fingerprint density at radius 1 is 1.04 bits per heavy atom. The summed E-state index contributed by atoms with van der Waals surface area (Å²) in [5.41, 5.74) is 0.304. The average molecular weight is 347 g/mol. The predicted molar refractivity (Wildman–Crippen MR) is 95.7 cm³/mol. The number of nitrogens with one attached hydrogen (secondary N) is 1. The van der Waals surface area contributed by atoms with E-state index in [1.807, 2.05) is 0 Å². The van der Waals surface area contributed by atoms with Crippen molar-refractivity contribution in [1.82, 2.24) is 5.32 Å². The van der Waals surface area contributed by atoms with Crippen molar-refractivity contribution in [3.05, 3.63) is 0 Å². The zero-order chi connectivity index (χ0) is 17.4. The van der Waals surface area contributed by atoms with Crippen LogP contribution in [0.4, 0.5) is 0 Å². The fourth-order valence-corrected chi connectivity index (χ4v) is 6.80. The molecule has 4 heteroatoms. The van der Waals surface area contributed by atoms with E-state index in [2.05, 4.69) is 12.2 Å². The maximum atomic E-state index is 12.3. The van der Waals surface area contributed by atoms with Crippen LogP contribution in [0.5, 0.6) is 0 Å². The van der Waals surface area contributed by atoms with Crippen LogP contribution in [0.25, 0.3) is 0 Å². The van der Waals surface area contributed by atoms with Gasteiger partial charge in [-0.3, -0.25) is 9.59 Å². The van der Waals surface area contributed by atoms with Gasteiger partial charge in [0.1, 0.15) is 0 Å². The molecule has 5 aliphatic rings. The Balaban J connectivity index is 1.24. The molecule has 4 nitrogen and oxygen atoms in total. The Morgan fingerprint density at radius 3 is 2.16 bits per heavy atom. The number of ether oxygens (including phenoxy) is 1. The van der Waals surface area contributed by atoms with Crippen LogP contribution in [0.1, 0.15) is 77.6 Å². The van der Waals surface area contributed by atoms with E-state index in [0.29, 0.717) is 17.8 Å². The van der Waals surface area contributed by atoms with Crippen molar-refractivity contribution in [2.75, 3.05) is 6.61 Å². The summed E-state index contributed by atoms with van der Waals surface area (Å²) in [6.07, 6.45) is 13.3. The summed E-state index contributed by atoms with van der Waals surface area (Å²) in [5, 5.41) is 3.17. The predicted octanol–water partition coefficient (Wildman–Crippen LogP) is 3.83. The van der Waals surface area contributed by atoms with Gasteiger partial charge in [0.2, 0.25) is 0 Å². The number of rotatable bonds is 6. The highest BCUT2D eigenvalue weighted by atomic mass is 16.5. The largest absolute Gasteiger partial charge is 0.456 e. The SMILES string of the molecule is C[C@H](NC(=O)COC(=O)CC1CCCC1)C12CC3CC(CC(C3)C1)C2. The van der Waals surface area contributed by atoms with Crippen molar-refractivity contribution in [3.8, 4) is 0 Å². The van der Waals surface area contributed by atoms with Gasteiger partial charge in [0.25, 0.3) is 5.91 Å². The number of esters is 1. The van der Waals surface area contributed by atoms with E-state index in [1.165, 1.54) is 51.4 Å². The second-order valence-corrected chi connectivity index (χ2v) is 9.58. The minimum atomic E-state index is -0.204. The van der Waals surface area contributed by atoms with Crippen LogP contribution in [0.2, 0.25) is 0 Å². The molecule has 5 rings (SSSR count). The molecule has 0 aliphatic heterocycles. The van der Waals surface area contributed by atoms with Gasteiger partial charge in [-0.25, -0.2) is 0 Å². The van der Waals surface area contributed by atoms with E-state index < -0.39 is 0 Å². The van der Waals surface area contributed by atoms with Gasteiger partial charge in [-0.05, 0) is 87.4 Å². The lowest BCUT2D eigenvalue weighted by atomic mass is 9.48. The molecule has 0 saturated heterocycles. The third-order valence-electron chi connectivity index (χ3n) is 7.68. The zero-order valence-electron chi connectivity index (χ0n) is 15.6. The van der Waals surface area contributed by atoms with Crippen molar-refractivity contribution < 1.29 is 14.3 Å². The van der Waals surface area contributed by atoms with Gasteiger partial charge < -0.3 is 10.1 Å². The molecule has 5 fully saturated rings. The highest BCUT2D eigenvalue weighted by Gasteiger charge is 2.53. The van der Waals surface area contributed by atoms with Crippen LogP contribution in [0.15, 0.2) is 0 Å². The standard InChI is InChI=1S/C21H33NO3/c1-14(21-10-16-6-17(11-21)8-18(7-16)12-21)22-19(23)13-25-20(24)9-15-4-2-3-5-15/h14-18H,2-13H2,1H3,(H,22,23)/t14-,16?,17?,18?,21?/m0/s1. The quantitative estimate of drug-likeness (QED) is 0.743. The first kappa shape index (κ1) is 17.4. The zero-order valence-corrected chi connectivity index (χ0v) is 15.6. The van der Waals surface area contributed by atoms with Crippen molar-refractivity contribution in [3.63, 3.8) is 0 Å². The highest BCUT2D eigenvalue weighted by Crippen LogP contribution is 2.61. The summed E-state index contributed by atoms with van der Waals surface area (Å²) in [5.74, 6) is 2.80. The summed E-state index contributed by atoms with van der Waals surface area (Å²) in [6.45, 7) is 2.06. The Morgan fingerprint density at radius 2 is 1.60 bits per heavy atom. The maximum Gasteiger partial charge on any atom is 0.306 e. The number of hydrogen-bond donors (Lipinski definition) is 1. The molecule has 5 aliphatic carbocycles. The number of amides is 1. The van der Waals surface area contributed by atoms with Gasteiger partial charge in [-0.1, -0.05) is 12.8 Å². The van der Waals surface area contributed by atoms with Gasteiger partial charge in [0.05, 0.1) is 0 Å². The molecule has 1 N–H and O–H groups in total. The Bertz CT molecular complexity index is 488. The minimum absolute atomic E-state index is 0.109. The van der Waals surface area contributed by atoms with Crippen molar-refractivity contribution in [1.29, 1.82) is 0 Å². The smallest absolute Gasteiger partial charge is 0.306 e. The lowest BCUT2D eigenvalue weighted by Gasteiger charge is -2.59. The first-order valence-corrected chi connectivity index (χ1v) is 10.5. The summed E-state index contributed by atoms with van der Waals surface area (Å²) < 4.78 is 5.23. The molecule has 5 saturated carbocycles. The molecule has 0 unspecified atom stereocenters. The Labute approximate surface area is 151 Å². The second-order valence-electron chi connectivity index (χ2n) is 9.58. The van der Waals surface area contributed by atoms with Gasteiger partial charge in [0, 0.05) is 12.5 Å². The van der Waals surface area contributed by atoms with E-state index in [4.69, 9.17) is 4.74 Å². The van der Waals surface area contributed by atoms with Crippen LogP contribution >= 0.6 is 0 Å². The first-order valence-electron chi connectivity index (χ1n) is 10.5. The summed E-state index contributed by atoms with van der Waals surface area (Å²) >= 11 is 0. The molecule has 0 aromatic carbocycles. The van der Waals surface area contributed by atoms with Crippen LogP contribution in [-0.2, 0) is 14.3 Å². The molecule has 0 heterocycles. The monoisotopic (exact) mass is 347 g/mol. The van der Waals surface area contributed by atoms with E-state index >= 15 is 0 Å². The van der Waals surface area contributed by atoms with Crippen molar-refractivity contribution in [2.24, 2.45) is 29.1 Å². The number of hydrogen-bond acceptors (Lipinski definition) is 3. The summed E-state index contributed by atoms with van der Waals surface area (Å²) in [4.78, 5) is 24.2. The molecular weight excluding hydrogens is 314 g/mol. The molecule has 0 aromatic heterocycles. The van der Waals surface area contributed by atoms with Crippen LogP contribution in [0, 0.1) is 29.1 Å². The van der Waals surface area contributed by atoms with Crippen molar-refractivity contribution in [2.45, 2.75) is 83.6 Å². The molecular formula is C21H33NO3. The van der Waals surface area contributed by atoms with Gasteiger partial charge >= 0.3 is 5.97 Å². The second kappa shape index (κ2) is 6.92. The maximum absolute atomic E-state index is 12.3. The molecule has 0 aromatic rings. The van der Waals surface area contributed by atoms with E-state index in [-0.39, 0.29) is 24.5 Å². The molecule has 4 bridgehead atoms. The van der Waals surface area contributed by atoms with Gasteiger partial charge in [0.15, 0.2) is 6.61 Å². The molecule has 1 amide bonds. The Hall–Kier alpha value is -1.06. The summed E-state index contributed by atoms with van der Waals surface area (Å²) in [6, 6.07) is 0.196. The average Bonchev–Trinajstić information content (AvgIpc) is 3.04. The number of carbonyl (C=O) groups excluding carboxylic acids is 2. The van der Waals surface area contributed by atoms with Crippen LogP contribution in [-0.4, -0.2) is 24.5 Å². The molecule has 0 spiro atoms. The Kier molecular flexibility index (Phi) is 4.81. The van der Waals surface area contributed by atoms with Crippen LogP contribution < -0.4 is 5.32 Å². The van der Waals surface area contributed by atoms with Gasteiger partial charge in [-0.2, -0.15) is 0 Å². The lowest BCUT2D eigenvalue weighted by molar-refractivity contribution is -0.150. The van der Waals surface area contributed by atoms with Gasteiger partial charge in [-0.15, -0.1) is 0 Å². The fraction of sp³-hybridized carbons (Fsp3) is 0.905. The van der Waals surface area contributed by atoms with E-state index in [9.17, 15) is 9.59 Å². The molecule has 0 radical (unpaired) electrons. The molecule has 25 heavy (non-hydrogen) atoms. The highest BCUT2D eigenvalue weighted by molar-refractivity contribution is 5.80. The molecule has 1 atom stereocenters. The molecule has 140 valence electrons. The third-order valence-corrected chi connectivity index (χ3v) is 7.68. The van der Waals surface area contributed by atoms with E-state index in [1.54, 1.807) is 0 Å². The fourth-order valence-electron chi connectivity index (χ4n) is 6.80. The van der Waals surface area contributed by atoms with Crippen LogP contribution in [0.3, 0.4) is 0 Å². The van der Waals surface area contributed by atoms with Crippen molar-refractivity contribution >= 4 is 11.9 Å².